The summed E-state index contributed by atoms with van der Waals surface area (Å²) >= 11 is 12.2. The standard InChI is InChI=1S/C19H15Cl2NO6/c20-10-4-5-12(15(8-10)27-7-6-22-18(24)19(25)26)16-9-14(23)11-2-1-3-13(21)17(11)28-16/h1-5,8,16H,6-7,9H2,(H,22,24)(H,25,26). The van der Waals surface area contributed by atoms with E-state index in [2.05, 4.69) is 5.32 Å². The highest BCUT2D eigenvalue weighted by atomic mass is 35.5. The van der Waals surface area contributed by atoms with E-state index in [1.807, 2.05) is 0 Å². The maximum atomic E-state index is 12.5. The van der Waals surface area contributed by atoms with E-state index in [0.29, 0.717) is 32.7 Å². The van der Waals surface area contributed by atoms with Crippen molar-refractivity contribution < 1.29 is 29.0 Å². The number of carboxylic acids is 1. The molecule has 146 valence electrons. The van der Waals surface area contributed by atoms with Crippen molar-refractivity contribution in [2.24, 2.45) is 0 Å². The molecule has 1 amide bonds. The number of para-hydroxylation sites is 1. The molecule has 1 aliphatic heterocycles. The Balaban J connectivity index is 1.77. The number of carbonyl (C=O) groups excluding carboxylic acids is 2. The van der Waals surface area contributed by atoms with Crippen LogP contribution < -0.4 is 14.8 Å². The first-order valence-electron chi connectivity index (χ1n) is 8.28. The molecular weight excluding hydrogens is 409 g/mol. The molecule has 0 saturated heterocycles. The quantitative estimate of drug-likeness (QED) is 0.564. The second-order valence-corrected chi connectivity index (χ2v) is 6.79. The van der Waals surface area contributed by atoms with Crippen molar-refractivity contribution in [1.29, 1.82) is 0 Å². The number of ether oxygens (including phenoxy) is 2. The summed E-state index contributed by atoms with van der Waals surface area (Å²) < 4.78 is 11.6. The Kier molecular flexibility index (Phi) is 6.06. The van der Waals surface area contributed by atoms with Gasteiger partial charge >= 0.3 is 11.9 Å². The first-order valence-corrected chi connectivity index (χ1v) is 9.04. The zero-order valence-corrected chi connectivity index (χ0v) is 15.9. The van der Waals surface area contributed by atoms with E-state index in [0.717, 1.165) is 0 Å². The SMILES string of the molecule is O=C(O)C(=O)NCCOc1cc(Cl)ccc1C1CC(=O)c2cccc(Cl)c2O1. The molecular formula is C19H15Cl2NO6. The van der Waals surface area contributed by atoms with Gasteiger partial charge in [0.2, 0.25) is 0 Å². The fraction of sp³-hybridized carbons (Fsp3) is 0.211. The molecule has 3 rings (SSSR count). The smallest absolute Gasteiger partial charge is 0.394 e. The molecule has 0 bridgehead atoms. The molecule has 2 N–H and O–H groups in total. The van der Waals surface area contributed by atoms with Gasteiger partial charge in [0.1, 0.15) is 24.2 Å². The lowest BCUT2D eigenvalue weighted by molar-refractivity contribution is -0.150. The van der Waals surface area contributed by atoms with E-state index in [1.54, 1.807) is 36.4 Å². The van der Waals surface area contributed by atoms with Gasteiger partial charge in [0, 0.05) is 10.6 Å². The molecule has 2 aromatic carbocycles. The van der Waals surface area contributed by atoms with E-state index in [1.165, 1.54) is 0 Å². The molecule has 0 aliphatic carbocycles. The predicted octanol–water partition coefficient (Wildman–Crippen LogP) is 3.28. The van der Waals surface area contributed by atoms with Crippen LogP contribution in [0.4, 0.5) is 0 Å². The van der Waals surface area contributed by atoms with Gasteiger partial charge in [-0.15, -0.1) is 0 Å². The summed E-state index contributed by atoms with van der Waals surface area (Å²) in [6, 6.07) is 9.88. The highest BCUT2D eigenvalue weighted by Crippen LogP contribution is 2.42. The minimum atomic E-state index is -1.58. The molecule has 28 heavy (non-hydrogen) atoms. The first kappa shape index (κ1) is 20.0. The average Bonchev–Trinajstić information content (AvgIpc) is 2.65. The van der Waals surface area contributed by atoms with Crippen LogP contribution in [0.5, 0.6) is 11.5 Å². The van der Waals surface area contributed by atoms with Crippen LogP contribution in [0.15, 0.2) is 36.4 Å². The molecule has 0 fully saturated rings. The number of halogens is 2. The molecule has 1 aliphatic rings. The molecule has 2 aromatic rings. The number of Topliss-reactive ketones (excluding diaryl/α,β-unsaturated/α-hetero) is 1. The maximum Gasteiger partial charge on any atom is 0.394 e. The van der Waals surface area contributed by atoms with Gasteiger partial charge in [0.25, 0.3) is 0 Å². The Morgan fingerprint density at radius 3 is 2.79 bits per heavy atom. The van der Waals surface area contributed by atoms with Gasteiger partial charge in [0.05, 0.1) is 23.6 Å². The number of amides is 1. The molecule has 0 radical (unpaired) electrons. The average molecular weight is 424 g/mol. The van der Waals surface area contributed by atoms with Gasteiger partial charge < -0.3 is 19.9 Å². The molecule has 0 spiro atoms. The highest BCUT2D eigenvalue weighted by Gasteiger charge is 2.31. The third kappa shape index (κ3) is 4.37. The number of carboxylic acid groups (broad SMARTS) is 1. The molecule has 7 nitrogen and oxygen atoms in total. The number of rotatable bonds is 5. The fourth-order valence-corrected chi connectivity index (χ4v) is 3.17. The largest absolute Gasteiger partial charge is 0.491 e. The number of benzene rings is 2. The zero-order valence-electron chi connectivity index (χ0n) is 14.4. The van der Waals surface area contributed by atoms with Gasteiger partial charge in [0.15, 0.2) is 5.78 Å². The molecule has 1 heterocycles. The lowest BCUT2D eigenvalue weighted by atomic mass is 9.96. The number of hydrogen-bond acceptors (Lipinski definition) is 5. The van der Waals surface area contributed by atoms with Crippen LogP contribution in [0.25, 0.3) is 0 Å². The lowest BCUT2D eigenvalue weighted by Crippen LogP contribution is -2.33. The van der Waals surface area contributed by atoms with E-state index >= 15 is 0 Å². The van der Waals surface area contributed by atoms with Crippen molar-refractivity contribution in [2.75, 3.05) is 13.2 Å². The second-order valence-electron chi connectivity index (χ2n) is 5.94. The number of carbonyl (C=O) groups is 3. The molecule has 0 aromatic heterocycles. The Hall–Kier alpha value is -2.77. The summed E-state index contributed by atoms with van der Waals surface area (Å²) in [6.45, 7) is -0.0133. The summed E-state index contributed by atoms with van der Waals surface area (Å²) in [5.74, 6) is -2.12. The van der Waals surface area contributed by atoms with Crippen LogP contribution in [-0.2, 0) is 9.59 Å². The van der Waals surface area contributed by atoms with E-state index in [4.69, 9.17) is 37.8 Å². The highest BCUT2D eigenvalue weighted by molar-refractivity contribution is 6.33. The van der Waals surface area contributed by atoms with Crippen molar-refractivity contribution in [1.82, 2.24) is 5.32 Å². The second kappa shape index (κ2) is 8.50. The first-order chi connectivity index (χ1) is 13.4. The minimum absolute atomic E-state index is 0.00434. The molecule has 0 saturated carbocycles. The van der Waals surface area contributed by atoms with Crippen molar-refractivity contribution >= 4 is 40.9 Å². The van der Waals surface area contributed by atoms with Crippen LogP contribution in [-0.4, -0.2) is 35.9 Å². The number of aliphatic carboxylic acids is 1. The van der Waals surface area contributed by atoms with Gasteiger partial charge in [-0.3, -0.25) is 9.59 Å². The van der Waals surface area contributed by atoms with Crippen LogP contribution in [0, 0.1) is 0 Å². The minimum Gasteiger partial charge on any atom is -0.491 e. The Morgan fingerprint density at radius 2 is 2.04 bits per heavy atom. The topological polar surface area (TPSA) is 102 Å². The monoisotopic (exact) mass is 423 g/mol. The summed E-state index contributed by atoms with van der Waals surface area (Å²) in [5, 5.41) is 11.5. The number of fused-ring (bicyclic) bond motifs is 1. The van der Waals surface area contributed by atoms with Crippen molar-refractivity contribution in [2.45, 2.75) is 12.5 Å². The third-order valence-corrected chi connectivity index (χ3v) is 4.59. The van der Waals surface area contributed by atoms with Crippen LogP contribution in [0.3, 0.4) is 0 Å². The predicted molar refractivity (Wildman–Crippen MR) is 101 cm³/mol. The summed E-state index contributed by atoms with van der Waals surface area (Å²) in [7, 11) is 0. The van der Waals surface area contributed by atoms with Gasteiger partial charge in [-0.05, 0) is 24.3 Å². The molecule has 1 atom stereocenters. The summed E-state index contributed by atoms with van der Waals surface area (Å²) in [5.41, 5.74) is 1.02. The van der Waals surface area contributed by atoms with E-state index in [9.17, 15) is 14.4 Å². The van der Waals surface area contributed by atoms with Crippen molar-refractivity contribution in [3.63, 3.8) is 0 Å². The van der Waals surface area contributed by atoms with Crippen molar-refractivity contribution in [3.05, 3.63) is 57.6 Å². The molecule has 9 heteroatoms. The lowest BCUT2D eigenvalue weighted by Gasteiger charge is -2.27. The van der Waals surface area contributed by atoms with E-state index < -0.39 is 18.0 Å². The number of ketones is 1. The summed E-state index contributed by atoms with van der Waals surface area (Å²) in [4.78, 5) is 34.0. The fourth-order valence-electron chi connectivity index (χ4n) is 2.78. The third-order valence-electron chi connectivity index (χ3n) is 4.06. The number of hydrogen-bond donors (Lipinski definition) is 2. The molecule has 1 unspecified atom stereocenters. The van der Waals surface area contributed by atoms with E-state index in [-0.39, 0.29) is 25.4 Å². The normalized spacial score (nSPS) is 15.4. The maximum absolute atomic E-state index is 12.5. The Labute approximate surface area is 170 Å². The Bertz CT molecular complexity index is 946. The van der Waals surface area contributed by atoms with Gasteiger partial charge in [-0.25, -0.2) is 4.79 Å². The zero-order chi connectivity index (χ0) is 20.3. The van der Waals surface area contributed by atoms with Crippen LogP contribution in [0.1, 0.15) is 28.4 Å². The van der Waals surface area contributed by atoms with Gasteiger partial charge in [-0.1, -0.05) is 35.3 Å². The van der Waals surface area contributed by atoms with Crippen molar-refractivity contribution in [3.8, 4) is 11.5 Å². The van der Waals surface area contributed by atoms with Crippen LogP contribution in [0.2, 0.25) is 10.0 Å². The van der Waals surface area contributed by atoms with Crippen LogP contribution >= 0.6 is 23.2 Å². The Morgan fingerprint density at radius 1 is 1.25 bits per heavy atom. The van der Waals surface area contributed by atoms with Gasteiger partial charge in [-0.2, -0.15) is 0 Å². The summed E-state index contributed by atoms with van der Waals surface area (Å²) in [6.07, 6.45) is -0.526. The number of nitrogens with one attached hydrogen (secondary N) is 1.